The molecule has 4 nitrogen and oxygen atoms in total. The van der Waals surface area contributed by atoms with Crippen molar-refractivity contribution in [1.29, 1.82) is 0 Å². The molecular weight excluding hydrogens is 275 g/mol. The molecule has 1 heterocycles. The normalized spacial score (nSPS) is 17.7. The average Bonchev–Trinajstić information content (AvgIpc) is 2.76. The van der Waals surface area contributed by atoms with Gasteiger partial charge in [-0.25, -0.2) is 4.79 Å². The number of cyclic esters (lactones) is 1. The van der Waals surface area contributed by atoms with E-state index in [0.29, 0.717) is 30.0 Å². The van der Waals surface area contributed by atoms with Gasteiger partial charge in [-0.3, -0.25) is 0 Å². The number of alkyl halides is 3. The molecule has 0 radical (unpaired) electrons. The van der Waals surface area contributed by atoms with Crippen LogP contribution in [0.25, 0.3) is 0 Å². The number of carbonyl (C=O) groups excluding carboxylic acids is 1. The molecule has 0 amide bonds. The summed E-state index contributed by atoms with van der Waals surface area (Å²) >= 11 is 0. The summed E-state index contributed by atoms with van der Waals surface area (Å²) in [6.07, 6.45) is -4.19. The second kappa shape index (κ2) is 5.44. The van der Waals surface area contributed by atoms with Crippen molar-refractivity contribution in [3.8, 4) is 5.75 Å². The molecule has 0 aromatic heterocycles. The maximum absolute atomic E-state index is 12.0. The van der Waals surface area contributed by atoms with Gasteiger partial charge < -0.3 is 14.8 Å². The monoisotopic (exact) mass is 287 g/mol. The fourth-order valence-electron chi connectivity index (χ4n) is 1.81. The highest BCUT2D eigenvalue weighted by Gasteiger charge is 2.31. The zero-order chi connectivity index (χ0) is 14.8. The van der Waals surface area contributed by atoms with Gasteiger partial charge in [-0.15, -0.1) is 13.2 Å². The number of allylic oxidation sites excluding steroid dienone is 1. The van der Waals surface area contributed by atoms with Gasteiger partial charge in [-0.2, -0.15) is 0 Å². The number of anilines is 1. The number of halogens is 3. The molecule has 1 aromatic carbocycles. The molecule has 0 unspecified atom stereocenters. The van der Waals surface area contributed by atoms with Gasteiger partial charge in [0.2, 0.25) is 0 Å². The highest BCUT2D eigenvalue weighted by atomic mass is 19.4. The molecule has 0 saturated carbocycles. The maximum atomic E-state index is 12.0. The summed E-state index contributed by atoms with van der Waals surface area (Å²) in [6, 6.07) is 5.26. The zero-order valence-electron chi connectivity index (χ0n) is 10.6. The molecule has 0 bridgehead atoms. The van der Waals surface area contributed by atoms with E-state index < -0.39 is 6.36 Å². The molecule has 1 saturated heterocycles. The summed E-state index contributed by atoms with van der Waals surface area (Å²) < 4.78 is 44.6. The van der Waals surface area contributed by atoms with E-state index in [0.717, 1.165) is 0 Å². The summed E-state index contributed by atoms with van der Waals surface area (Å²) in [7, 11) is 0. The van der Waals surface area contributed by atoms with Gasteiger partial charge in [0.25, 0.3) is 0 Å². The van der Waals surface area contributed by atoms with Crippen molar-refractivity contribution < 1.29 is 27.4 Å². The Morgan fingerprint density at radius 3 is 2.45 bits per heavy atom. The van der Waals surface area contributed by atoms with E-state index in [4.69, 9.17) is 4.74 Å². The summed E-state index contributed by atoms with van der Waals surface area (Å²) in [5.41, 5.74) is 1.72. The van der Waals surface area contributed by atoms with Crippen molar-refractivity contribution in [3.63, 3.8) is 0 Å². The number of esters is 1. The van der Waals surface area contributed by atoms with E-state index in [1.165, 1.54) is 24.3 Å². The van der Waals surface area contributed by atoms with E-state index in [2.05, 4.69) is 10.1 Å². The predicted molar refractivity (Wildman–Crippen MR) is 65.0 cm³/mol. The summed E-state index contributed by atoms with van der Waals surface area (Å²) in [4.78, 5) is 11.4. The first-order valence-electron chi connectivity index (χ1n) is 5.85. The van der Waals surface area contributed by atoms with Gasteiger partial charge in [0, 0.05) is 17.8 Å². The summed E-state index contributed by atoms with van der Waals surface area (Å²) in [5.74, 6) is -0.666. The lowest BCUT2D eigenvalue weighted by Gasteiger charge is -2.11. The van der Waals surface area contributed by atoms with Crippen molar-refractivity contribution in [2.45, 2.75) is 19.7 Å². The number of ether oxygens (including phenoxy) is 2. The molecule has 0 aliphatic carbocycles. The van der Waals surface area contributed by atoms with Crippen molar-refractivity contribution in [2.24, 2.45) is 0 Å². The SMILES string of the molecule is CC(Nc1ccc(OC(F)(F)F)cc1)=C1CCOC1=O. The highest BCUT2D eigenvalue weighted by molar-refractivity contribution is 5.91. The lowest BCUT2D eigenvalue weighted by atomic mass is 10.2. The van der Waals surface area contributed by atoms with Crippen molar-refractivity contribution >= 4 is 11.7 Å². The minimum absolute atomic E-state index is 0.298. The second-order valence-corrected chi connectivity index (χ2v) is 4.19. The largest absolute Gasteiger partial charge is 0.573 e. The van der Waals surface area contributed by atoms with E-state index >= 15 is 0 Å². The van der Waals surface area contributed by atoms with Crippen LogP contribution < -0.4 is 10.1 Å². The third kappa shape index (κ3) is 3.66. The maximum Gasteiger partial charge on any atom is 0.573 e. The van der Waals surface area contributed by atoms with Crippen LogP contribution >= 0.6 is 0 Å². The minimum Gasteiger partial charge on any atom is -0.462 e. The molecule has 1 aliphatic heterocycles. The third-order valence-corrected chi connectivity index (χ3v) is 2.70. The van der Waals surface area contributed by atoms with Crippen molar-refractivity contribution in [2.75, 3.05) is 11.9 Å². The number of hydrogen-bond acceptors (Lipinski definition) is 4. The van der Waals surface area contributed by atoms with Crippen molar-refractivity contribution in [3.05, 3.63) is 35.5 Å². The van der Waals surface area contributed by atoms with E-state index in [9.17, 15) is 18.0 Å². The molecule has 1 aliphatic rings. The van der Waals surface area contributed by atoms with Gasteiger partial charge in [-0.05, 0) is 31.2 Å². The van der Waals surface area contributed by atoms with Crippen LogP contribution in [0.1, 0.15) is 13.3 Å². The fourth-order valence-corrected chi connectivity index (χ4v) is 1.81. The molecule has 1 fully saturated rings. The Morgan fingerprint density at radius 1 is 1.30 bits per heavy atom. The van der Waals surface area contributed by atoms with Gasteiger partial charge in [0.15, 0.2) is 0 Å². The molecule has 7 heteroatoms. The molecule has 0 spiro atoms. The van der Waals surface area contributed by atoms with E-state index in [1.807, 2.05) is 0 Å². The van der Waals surface area contributed by atoms with Crippen LogP contribution in [-0.2, 0) is 9.53 Å². The Bertz CT molecular complexity index is 535. The fraction of sp³-hybridized carbons (Fsp3) is 0.308. The highest BCUT2D eigenvalue weighted by Crippen LogP contribution is 2.25. The molecular formula is C13H12F3NO3. The molecule has 108 valence electrons. The first kappa shape index (κ1) is 14.2. The Balaban J connectivity index is 2.06. The van der Waals surface area contributed by atoms with Crippen LogP contribution in [0.4, 0.5) is 18.9 Å². The first-order valence-corrected chi connectivity index (χ1v) is 5.85. The molecule has 1 N–H and O–H groups in total. The van der Waals surface area contributed by atoms with E-state index in [-0.39, 0.29) is 11.7 Å². The summed E-state index contributed by atoms with van der Waals surface area (Å²) in [5, 5.41) is 2.95. The number of hydrogen-bond donors (Lipinski definition) is 1. The van der Waals surface area contributed by atoms with Gasteiger partial charge in [0.05, 0.1) is 12.2 Å². The van der Waals surface area contributed by atoms with Gasteiger partial charge in [-0.1, -0.05) is 0 Å². The number of rotatable bonds is 3. The molecule has 2 rings (SSSR count). The third-order valence-electron chi connectivity index (χ3n) is 2.70. The predicted octanol–water partition coefficient (Wildman–Crippen LogP) is 3.22. The Kier molecular flexibility index (Phi) is 3.87. The quantitative estimate of drug-likeness (QED) is 0.685. The van der Waals surface area contributed by atoms with E-state index in [1.54, 1.807) is 6.92 Å². The van der Waals surface area contributed by atoms with Crippen LogP contribution in [0.15, 0.2) is 35.5 Å². The number of carbonyl (C=O) groups is 1. The van der Waals surface area contributed by atoms with Crippen LogP contribution in [-0.4, -0.2) is 18.9 Å². The Hall–Kier alpha value is -2.18. The smallest absolute Gasteiger partial charge is 0.462 e. The average molecular weight is 287 g/mol. The van der Waals surface area contributed by atoms with Crippen LogP contribution in [0.3, 0.4) is 0 Å². The lowest BCUT2D eigenvalue weighted by molar-refractivity contribution is -0.274. The summed E-state index contributed by atoms with van der Waals surface area (Å²) in [6.45, 7) is 2.06. The zero-order valence-corrected chi connectivity index (χ0v) is 10.6. The second-order valence-electron chi connectivity index (χ2n) is 4.19. The van der Waals surface area contributed by atoms with Crippen LogP contribution in [0.2, 0.25) is 0 Å². The molecule has 20 heavy (non-hydrogen) atoms. The first-order chi connectivity index (χ1) is 9.35. The molecule has 1 aromatic rings. The Labute approximate surface area is 113 Å². The number of benzene rings is 1. The topological polar surface area (TPSA) is 47.6 Å². The van der Waals surface area contributed by atoms with Gasteiger partial charge >= 0.3 is 12.3 Å². The Morgan fingerprint density at radius 2 is 1.95 bits per heavy atom. The molecule has 0 atom stereocenters. The standard InChI is InChI=1S/C13H12F3NO3/c1-8(11-6-7-19-12(11)18)17-9-2-4-10(5-3-9)20-13(14,15)16/h2-5,17H,6-7H2,1H3. The number of nitrogens with one attached hydrogen (secondary N) is 1. The van der Waals surface area contributed by atoms with Crippen LogP contribution in [0, 0.1) is 0 Å². The lowest BCUT2D eigenvalue weighted by Crippen LogP contribution is -2.17. The minimum atomic E-state index is -4.71. The van der Waals surface area contributed by atoms with Crippen LogP contribution in [0.5, 0.6) is 5.75 Å². The van der Waals surface area contributed by atoms with Crippen molar-refractivity contribution in [1.82, 2.24) is 0 Å². The van der Waals surface area contributed by atoms with Gasteiger partial charge in [0.1, 0.15) is 5.75 Å².